The molecule has 1 aliphatic rings. The lowest BCUT2D eigenvalue weighted by atomic mass is 10.1. The Morgan fingerprint density at radius 3 is 2.81 bits per heavy atom. The summed E-state index contributed by atoms with van der Waals surface area (Å²) < 4.78 is 47.8. The number of halogens is 2. The standard InChI is InChI=1S/C22H21F2N5O2S/c1-31-20-10-15(23)5-8-18(20)21-19(24)11-26-22(29-21)28-16-4-2-3-14(9-16)12-32(30,27-13-25)17-6-7-17/h2-5,8-11,17,32H,6-7,12H2,1H3,(H,27,30)(H,26,28,29). The molecule has 0 atom stereocenters. The van der Waals surface area contributed by atoms with E-state index in [0.29, 0.717) is 17.0 Å². The van der Waals surface area contributed by atoms with Crippen LogP contribution in [0.1, 0.15) is 18.4 Å². The van der Waals surface area contributed by atoms with Crippen LogP contribution in [0.2, 0.25) is 0 Å². The van der Waals surface area contributed by atoms with Crippen LogP contribution in [0.25, 0.3) is 11.3 Å². The van der Waals surface area contributed by atoms with Crippen molar-refractivity contribution >= 4 is 21.7 Å². The molecule has 0 radical (unpaired) electrons. The lowest BCUT2D eigenvalue weighted by Crippen LogP contribution is -2.18. The summed E-state index contributed by atoms with van der Waals surface area (Å²) in [6.07, 6.45) is 4.55. The number of benzene rings is 2. The van der Waals surface area contributed by atoms with E-state index < -0.39 is 21.7 Å². The molecule has 0 saturated heterocycles. The van der Waals surface area contributed by atoms with Crippen LogP contribution in [0.3, 0.4) is 0 Å². The molecule has 0 bridgehead atoms. The molecule has 0 amide bonds. The molecule has 1 saturated carbocycles. The van der Waals surface area contributed by atoms with Gasteiger partial charge in [-0.2, -0.15) is 5.26 Å². The van der Waals surface area contributed by atoms with Gasteiger partial charge >= 0.3 is 0 Å². The highest BCUT2D eigenvalue weighted by Gasteiger charge is 2.33. The molecule has 0 aliphatic heterocycles. The Morgan fingerprint density at radius 1 is 1.28 bits per heavy atom. The third-order valence-electron chi connectivity index (χ3n) is 5.11. The SMILES string of the molecule is COc1cc(F)ccc1-c1nc(Nc2cccc(C[SH](O)(=NC#N)C3CC3)c2)ncc1F. The van der Waals surface area contributed by atoms with Crippen LogP contribution in [-0.2, 0) is 15.9 Å². The van der Waals surface area contributed by atoms with Gasteiger partial charge in [-0.15, -0.1) is 4.36 Å². The quantitative estimate of drug-likeness (QED) is 0.346. The minimum Gasteiger partial charge on any atom is -0.496 e. The minimum atomic E-state index is -2.71. The normalized spacial score (nSPS) is 13.8. The summed E-state index contributed by atoms with van der Waals surface area (Å²) >= 11 is 0. The van der Waals surface area contributed by atoms with E-state index in [1.165, 1.54) is 19.2 Å². The van der Waals surface area contributed by atoms with E-state index in [2.05, 4.69) is 19.6 Å². The van der Waals surface area contributed by atoms with Gasteiger partial charge in [0, 0.05) is 28.3 Å². The summed E-state index contributed by atoms with van der Waals surface area (Å²) in [4.78, 5) is 8.23. The van der Waals surface area contributed by atoms with Crippen molar-refractivity contribution in [3.8, 4) is 23.2 Å². The molecular formula is C22H21F2N5O2S. The average Bonchev–Trinajstić information content (AvgIpc) is 3.62. The molecule has 166 valence electrons. The first-order valence-electron chi connectivity index (χ1n) is 9.86. The summed E-state index contributed by atoms with van der Waals surface area (Å²) in [6, 6.07) is 11.0. The molecule has 10 heteroatoms. The number of ether oxygens (including phenoxy) is 1. The van der Waals surface area contributed by atoms with Gasteiger partial charge in [0.15, 0.2) is 5.82 Å². The predicted molar refractivity (Wildman–Crippen MR) is 120 cm³/mol. The molecule has 0 spiro atoms. The number of rotatable bonds is 7. The molecule has 1 aliphatic carbocycles. The van der Waals surface area contributed by atoms with Crippen molar-refractivity contribution in [1.29, 1.82) is 5.26 Å². The summed E-state index contributed by atoms with van der Waals surface area (Å²) in [5, 5.41) is 12.1. The van der Waals surface area contributed by atoms with Gasteiger partial charge in [-0.1, -0.05) is 22.2 Å². The Hall–Kier alpha value is -3.42. The second-order valence-electron chi connectivity index (χ2n) is 7.44. The number of nitriles is 1. The fourth-order valence-corrected chi connectivity index (χ4v) is 5.79. The van der Waals surface area contributed by atoms with Crippen molar-refractivity contribution in [2.75, 3.05) is 12.4 Å². The Labute approximate surface area is 185 Å². The molecule has 1 aromatic heterocycles. The van der Waals surface area contributed by atoms with Gasteiger partial charge < -0.3 is 14.6 Å². The van der Waals surface area contributed by atoms with Crippen molar-refractivity contribution < 1.29 is 18.1 Å². The number of hydrogen-bond donors (Lipinski definition) is 3. The fourth-order valence-electron chi connectivity index (χ4n) is 3.43. The highest BCUT2D eigenvalue weighted by molar-refractivity contribution is 8.00. The molecule has 7 nitrogen and oxygen atoms in total. The number of aromatic nitrogens is 2. The van der Waals surface area contributed by atoms with Gasteiger partial charge in [-0.05, 0) is 42.7 Å². The summed E-state index contributed by atoms with van der Waals surface area (Å²) in [5.74, 6) is -0.582. The maximum absolute atomic E-state index is 14.5. The largest absolute Gasteiger partial charge is 0.496 e. The van der Waals surface area contributed by atoms with Crippen LogP contribution in [0.5, 0.6) is 5.75 Å². The Balaban J connectivity index is 1.61. The number of anilines is 2. The van der Waals surface area contributed by atoms with E-state index >= 15 is 0 Å². The van der Waals surface area contributed by atoms with Gasteiger partial charge in [0.2, 0.25) is 12.1 Å². The summed E-state index contributed by atoms with van der Waals surface area (Å²) in [5.41, 5.74) is 1.71. The first-order chi connectivity index (χ1) is 15.4. The zero-order valence-electron chi connectivity index (χ0n) is 17.2. The van der Waals surface area contributed by atoms with Gasteiger partial charge in [0.1, 0.15) is 17.3 Å². The van der Waals surface area contributed by atoms with Crippen LogP contribution < -0.4 is 10.1 Å². The molecule has 3 aromatic rings. The van der Waals surface area contributed by atoms with Crippen molar-refractivity contribution in [2.24, 2.45) is 4.36 Å². The number of methoxy groups -OCH3 is 1. The topological polar surface area (TPSA) is 103 Å². The van der Waals surface area contributed by atoms with E-state index in [4.69, 9.17) is 10.00 Å². The lowest BCUT2D eigenvalue weighted by molar-refractivity contribution is 0.412. The Bertz CT molecular complexity index is 1260. The predicted octanol–water partition coefficient (Wildman–Crippen LogP) is 4.86. The van der Waals surface area contributed by atoms with Gasteiger partial charge in [0.05, 0.1) is 13.3 Å². The molecule has 32 heavy (non-hydrogen) atoms. The van der Waals surface area contributed by atoms with Crippen LogP contribution >= 0.6 is 0 Å². The van der Waals surface area contributed by atoms with Gasteiger partial charge in [-0.25, -0.2) is 18.7 Å². The molecule has 1 heterocycles. The van der Waals surface area contributed by atoms with E-state index in [9.17, 15) is 13.3 Å². The van der Waals surface area contributed by atoms with Gasteiger partial charge in [-0.3, -0.25) is 0 Å². The van der Waals surface area contributed by atoms with E-state index in [0.717, 1.165) is 30.7 Å². The summed E-state index contributed by atoms with van der Waals surface area (Å²) in [7, 11) is -1.34. The smallest absolute Gasteiger partial charge is 0.227 e. The van der Waals surface area contributed by atoms with E-state index in [1.807, 2.05) is 12.1 Å². The van der Waals surface area contributed by atoms with Crippen LogP contribution in [0, 0.1) is 23.1 Å². The molecule has 4 rings (SSSR count). The second-order valence-corrected chi connectivity index (χ2v) is 10.3. The zero-order chi connectivity index (χ0) is 22.7. The lowest BCUT2D eigenvalue weighted by Gasteiger charge is -2.22. The number of nitrogens with one attached hydrogen (secondary N) is 1. The van der Waals surface area contributed by atoms with Crippen molar-refractivity contribution in [2.45, 2.75) is 23.8 Å². The van der Waals surface area contributed by atoms with Crippen molar-refractivity contribution in [3.63, 3.8) is 0 Å². The fraction of sp³-hybridized carbons (Fsp3) is 0.227. The molecule has 2 N–H and O–H groups in total. The molecule has 0 unspecified atom stereocenters. The second kappa shape index (κ2) is 8.98. The number of nitrogens with zero attached hydrogens (tertiary/aromatic N) is 4. The Morgan fingerprint density at radius 2 is 2.09 bits per heavy atom. The third-order valence-corrected chi connectivity index (χ3v) is 8.06. The van der Waals surface area contributed by atoms with Crippen molar-refractivity contribution in [1.82, 2.24) is 9.97 Å². The van der Waals surface area contributed by atoms with Crippen LogP contribution in [0.15, 0.2) is 53.0 Å². The zero-order valence-corrected chi connectivity index (χ0v) is 18.1. The van der Waals surface area contributed by atoms with E-state index in [1.54, 1.807) is 18.3 Å². The van der Waals surface area contributed by atoms with E-state index in [-0.39, 0.29) is 22.6 Å². The van der Waals surface area contributed by atoms with Crippen LogP contribution in [0.4, 0.5) is 20.4 Å². The van der Waals surface area contributed by atoms with Crippen molar-refractivity contribution in [3.05, 3.63) is 65.9 Å². The maximum atomic E-state index is 14.5. The van der Waals surface area contributed by atoms with Gasteiger partial charge in [0.25, 0.3) is 0 Å². The number of thiol groups is 1. The first-order valence-corrected chi connectivity index (χ1v) is 11.8. The third kappa shape index (κ3) is 4.74. The maximum Gasteiger partial charge on any atom is 0.227 e. The highest BCUT2D eigenvalue weighted by Crippen LogP contribution is 2.37. The van der Waals surface area contributed by atoms with Crippen LogP contribution in [-0.4, -0.2) is 26.9 Å². The highest BCUT2D eigenvalue weighted by atomic mass is 32.3. The summed E-state index contributed by atoms with van der Waals surface area (Å²) in [6.45, 7) is 0. The molecular weight excluding hydrogens is 436 g/mol. The average molecular weight is 458 g/mol. The first kappa shape index (κ1) is 21.8. The number of hydrogen-bond acceptors (Lipinski definition) is 6. The monoisotopic (exact) mass is 457 g/mol. The Kier molecular flexibility index (Phi) is 6.12. The molecule has 2 aromatic carbocycles. The minimum absolute atomic E-state index is 0.0302. The molecule has 1 fully saturated rings.